The monoisotopic (exact) mass is 363 g/mol. The van der Waals surface area contributed by atoms with Crippen LogP contribution in [0.25, 0.3) is 10.9 Å². The van der Waals surface area contributed by atoms with Crippen LogP contribution in [-0.4, -0.2) is 23.5 Å². The highest BCUT2D eigenvalue weighted by Crippen LogP contribution is 2.32. The molecule has 0 radical (unpaired) electrons. The van der Waals surface area contributed by atoms with Gasteiger partial charge in [0.2, 0.25) is 10.0 Å². The molecule has 0 bridgehead atoms. The van der Waals surface area contributed by atoms with Gasteiger partial charge in [0.1, 0.15) is 21.8 Å². The molecule has 0 atom stereocenters. The number of fused-ring (bicyclic) bond motifs is 1. The van der Waals surface area contributed by atoms with Gasteiger partial charge in [0.15, 0.2) is 5.82 Å². The van der Waals surface area contributed by atoms with Crippen molar-refractivity contribution in [3.8, 4) is 5.75 Å². The fraction of sp³-hybridized carbons (Fsp3) is 0. The van der Waals surface area contributed by atoms with Gasteiger partial charge in [-0.25, -0.2) is 18.5 Å². The van der Waals surface area contributed by atoms with E-state index in [-0.39, 0.29) is 21.5 Å². The first-order chi connectivity index (χ1) is 11.4. The lowest BCUT2D eigenvalue weighted by Crippen LogP contribution is -2.12. The van der Waals surface area contributed by atoms with E-state index in [4.69, 9.17) is 16.7 Å². The van der Waals surface area contributed by atoms with Crippen molar-refractivity contribution >= 4 is 44.0 Å². The third-order valence-electron chi connectivity index (χ3n) is 3.10. The maximum atomic E-state index is 11.2. The number of sulfonamides is 1. The van der Waals surface area contributed by atoms with Crippen LogP contribution in [0.2, 0.25) is 5.02 Å². The highest BCUT2D eigenvalue weighted by Gasteiger charge is 2.12. The summed E-state index contributed by atoms with van der Waals surface area (Å²) in [7, 11) is -3.90. The molecule has 10 heteroatoms. The summed E-state index contributed by atoms with van der Waals surface area (Å²) >= 11 is 5.95. The average molecular weight is 364 g/mol. The Morgan fingerprint density at radius 3 is 2.67 bits per heavy atom. The third-order valence-corrected chi connectivity index (χ3v) is 4.26. The molecule has 2 aromatic heterocycles. The SMILES string of the molecule is NS(=O)(=O)c1cnc(N=Nc2ccc(O)c3cccnc23)c(Cl)c1. The predicted octanol–water partition coefficient (Wildman–Crippen LogP) is 3.05. The molecule has 0 fully saturated rings. The van der Waals surface area contributed by atoms with Crippen molar-refractivity contribution in [2.45, 2.75) is 4.90 Å². The van der Waals surface area contributed by atoms with Crippen molar-refractivity contribution < 1.29 is 13.5 Å². The molecule has 0 aliphatic rings. The summed E-state index contributed by atoms with van der Waals surface area (Å²) in [5.41, 5.74) is 0.857. The van der Waals surface area contributed by atoms with Gasteiger partial charge < -0.3 is 5.11 Å². The quantitative estimate of drug-likeness (QED) is 0.690. The fourth-order valence-corrected chi connectivity index (χ4v) is 2.72. The van der Waals surface area contributed by atoms with E-state index in [1.54, 1.807) is 24.4 Å². The van der Waals surface area contributed by atoms with Crippen molar-refractivity contribution in [1.29, 1.82) is 0 Å². The minimum absolute atomic E-state index is 0.0127. The minimum atomic E-state index is -3.90. The molecule has 0 amide bonds. The molecule has 0 saturated heterocycles. The van der Waals surface area contributed by atoms with Gasteiger partial charge in [0.25, 0.3) is 0 Å². The van der Waals surface area contributed by atoms with Crippen molar-refractivity contribution in [2.75, 3.05) is 0 Å². The van der Waals surface area contributed by atoms with Gasteiger partial charge >= 0.3 is 0 Å². The standard InChI is InChI=1S/C14H10ClN5O3S/c15-10-6-8(24(16,22)23)7-18-14(10)20-19-11-3-4-12(21)9-2-1-5-17-13(9)11/h1-7,21H,(H2,16,22,23). The second-order valence-corrected chi connectivity index (χ2v) is 6.69. The van der Waals surface area contributed by atoms with E-state index < -0.39 is 10.0 Å². The molecule has 0 aliphatic heterocycles. The molecule has 3 N–H and O–H groups in total. The normalized spacial score (nSPS) is 12.1. The zero-order valence-electron chi connectivity index (χ0n) is 12.0. The summed E-state index contributed by atoms with van der Waals surface area (Å²) in [5.74, 6) is 0.104. The van der Waals surface area contributed by atoms with Crippen LogP contribution in [0.15, 0.2) is 57.8 Å². The lowest BCUT2D eigenvalue weighted by molar-refractivity contribution is 0.481. The van der Waals surface area contributed by atoms with E-state index in [2.05, 4.69) is 20.2 Å². The number of hydrogen-bond donors (Lipinski definition) is 2. The number of benzene rings is 1. The summed E-state index contributed by atoms with van der Waals surface area (Å²) in [6.07, 6.45) is 2.61. The fourth-order valence-electron chi connectivity index (χ4n) is 1.97. The Labute approximate surface area is 141 Å². The van der Waals surface area contributed by atoms with Crippen LogP contribution in [0.4, 0.5) is 11.5 Å². The third kappa shape index (κ3) is 3.18. The summed E-state index contributed by atoms with van der Waals surface area (Å²) in [4.78, 5) is 7.78. The van der Waals surface area contributed by atoms with Gasteiger partial charge in [-0.3, -0.25) is 4.98 Å². The van der Waals surface area contributed by atoms with E-state index in [0.717, 1.165) is 12.3 Å². The molecule has 0 aliphatic carbocycles. The van der Waals surface area contributed by atoms with E-state index >= 15 is 0 Å². The van der Waals surface area contributed by atoms with E-state index in [1.165, 1.54) is 6.07 Å². The Bertz CT molecular complexity index is 1070. The Hall–Kier alpha value is -2.62. The second kappa shape index (κ2) is 6.11. The minimum Gasteiger partial charge on any atom is -0.507 e. The van der Waals surface area contributed by atoms with Crippen molar-refractivity contribution in [3.05, 3.63) is 47.7 Å². The molecule has 3 aromatic rings. The maximum absolute atomic E-state index is 11.2. The van der Waals surface area contributed by atoms with Crippen LogP contribution in [0, 0.1) is 0 Å². The summed E-state index contributed by atoms with van der Waals surface area (Å²) in [5, 5.41) is 23.3. The van der Waals surface area contributed by atoms with Crippen LogP contribution < -0.4 is 5.14 Å². The number of nitrogens with zero attached hydrogens (tertiary/aromatic N) is 4. The molecule has 0 spiro atoms. The Morgan fingerprint density at radius 1 is 1.17 bits per heavy atom. The van der Waals surface area contributed by atoms with Crippen molar-refractivity contribution in [2.24, 2.45) is 15.4 Å². The number of rotatable bonds is 3. The van der Waals surface area contributed by atoms with Gasteiger partial charge in [0, 0.05) is 17.8 Å². The molecule has 0 unspecified atom stereocenters. The zero-order valence-corrected chi connectivity index (χ0v) is 13.5. The van der Waals surface area contributed by atoms with Crippen LogP contribution in [0.5, 0.6) is 5.75 Å². The van der Waals surface area contributed by atoms with Crippen LogP contribution >= 0.6 is 11.6 Å². The Balaban J connectivity index is 2.02. The van der Waals surface area contributed by atoms with Gasteiger partial charge in [0.05, 0.1) is 5.02 Å². The largest absolute Gasteiger partial charge is 0.507 e. The first-order valence-corrected chi connectivity index (χ1v) is 8.45. The van der Waals surface area contributed by atoms with E-state index in [0.29, 0.717) is 16.6 Å². The summed E-state index contributed by atoms with van der Waals surface area (Å²) in [6, 6.07) is 7.54. The smallest absolute Gasteiger partial charge is 0.239 e. The first kappa shape index (κ1) is 16.2. The Morgan fingerprint density at radius 2 is 1.96 bits per heavy atom. The molecule has 8 nitrogen and oxygen atoms in total. The molecule has 24 heavy (non-hydrogen) atoms. The van der Waals surface area contributed by atoms with Gasteiger partial charge in [-0.15, -0.1) is 10.2 Å². The topological polar surface area (TPSA) is 131 Å². The number of nitrogens with two attached hydrogens (primary N) is 1. The molecular weight excluding hydrogens is 354 g/mol. The van der Waals surface area contributed by atoms with Gasteiger partial charge in [-0.2, -0.15) is 0 Å². The average Bonchev–Trinajstić information content (AvgIpc) is 2.54. The number of primary sulfonamides is 1. The molecule has 122 valence electrons. The number of azo groups is 1. The summed E-state index contributed by atoms with van der Waals surface area (Å²) in [6.45, 7) is 0. The Kier molecular flexibility index (Phi) is 4.14. The van der Waals surface area contributed by atoms with E-state index in [9.17, 15) is 13.5 Å². The lowest BCUT2D eigenvalue weighted by Gasteiger charge is -2.03. The first-order valence-electron chi connectivity index (χ1n) is 6.53. The maximum Gasteiger partial charge on any atom is 0.239 e. The number of phenolic OH excluding ortho intramolecular Hbond substituents is 1. The number of pyridine rings is 2. The molecule has 3 rings (SSSR count). The number of hydrogen-bond acceptors (Lipinski definition) is 7. The summed E-state index contributed by atoms with van der Waals surface area (Å²) < 4.78 is 22.5. The second-order valence-electron chi connectivity index (χ2n) is 4.72. The van der Waals surface area contributed by atoms with Crippen LogP contribution in [0.3, 0.4) is 0 Å². The highest BCUT2D eigenvalue weighted by molar-refractivity contribution is 7.89. The lowest BCUT2D eigenvalue weighted by atomic mass is 10.2. The van der Waals surface area contributed by atoms with Crippen molar-refractivity contribution in [1.82, 2.24) is 9.97 Å². The number of aromatic hydroxyl groups is 1. The predicted molar refractivity (Wildman–Crippen MR) is 88.2 cm³/mol. The van der Waals surface area contributed by atoms with Gasteiger partial charge in [-0.1, -0.05) is 11.6 Å². The molecular formula is C14H10ClN5O3S. The van der Waals surface area contributed by atoms with Crippen LogP contribution in [-0.2, 0) is 10.0 Å². The zero-order chi connectivity index (χ0) is 17.3. The molecule has 1 aromatic carbocycles. The highest BCUT2D eigenvalue weighted by atomic mass is 35.5. The number of phenols is 1. The van der Waals surface area contributed by atoms with Crippen LogP contribution in [0.1, 0.15) is 0 Å². The molecule has 0 saturated carbocycles. The molecule has 2 heterocycles. The number of aromatic nitrogens is 2. The number of halogens is 1. The van der Waals surface area contributed by atoms with E-state index in [1.807, 2.05) is 0 Å². The van der Waals surface area contributed by atoms with Gasteiger partial charge in [-0.05, 0) is 30.3 Å². The van der Waals surface area contributed by atoms with Crippen molar-refractivity contribution in [3.63, 3.8) is 0 Å².